The van der Waals surface area contributed by atoms with E-state index < -0.39 is 0 Å². The first-order chi connectivity index (χ1) is 8.59. The fourth-order valence-corrected chi connectivity index (χ4v) is 1.79. The molecule has 0 spiro atoms. The molecule has 0 unspecified atom stereocenters. The first kappa shape index (κ1) is 15.0. The highest BCUT2D eigenvalue weighted by molar-refractivity contribution is 5.33. The van der Waals surface area contributed by atoms with Crippen molar-refractivity contribution in [3.63, 3.8) is 0 Å². The standard InChI is InChI=1S/C16H27NO/c1-13(2)17-10-6-5-7-11-18-16-9-8-14(3)15(4)12-16/h8-9,12-13,17H,5-7,10-11H2,1-4H3. The number of ether oxygens (including phenoxy) is 1. The quantitative estimate of drug-likeness (QED) is 0.707. The van der Waals surface area contributed by atoms with Crippen LogP contribution >= 0.6 is 0 Å². The Labute approximate surface area is 112 Å². The Morgan fingerprint density at radius 2 is 1.83 bits per heavy atom. The van der Waals surface area contributed by atoms with Crippen molar-refractivity contribution in [3.05, 3.63) is 29.3 Å². The number of nitrogens with one attached hydrogen (secondary N) is 1. The zero-order chi connectivity index (χ0) is 13.4. The molecular formula is C16H27NO. The van der Waals surface area contributed by atoms with Crippen molar-refractivity contribution in [2.45, 2.75) is 53.0 Å². The van der Waals surface area contributed by atoms with Gasteiger partial charge in [0.05, 0.1) is 6.61 Å². The van der Waals surface area contributed by atoms with E-state index in [4.69, 9.17) is 4.74 Å². The highest BCUT2D eigenvalue weighted by atomic mass is 16.5. The lowest BCUT2D eigenvalue weighted by molar-refractivity contribution is 0.304. The molecular weight excluding hydrogens is 222 g/mol. The average molecular weight is 249 g/mol. The zero-order valence-corrected chi connectivity index (χ0v) is 12.3. The maximum atomic E-state index is 5.75. The lowest BCUT2D eigenvalue weighted by atomic mass is 10.1. The normalized spacial score (nSPS) is 10.9. The molecule has 0 aliphatic heterocycles. The predicted molar refractivity (Wildman–Crippen MR) is 78.4 cm³/mol. The summed E-state index contributed by atoms with van der Waals surface area (Å²) in [6.07, 6.45) is 3.59. The maximum Gasteiger partial charge on any atom is 0.119 e. The third kappa shape index (κ3) is 6.06. The molecule has 18 heavy (non-hydrogen) atoms. The molecule has 1 aromatic rings. The molecule has 0 fully saturated rings. The fraction of sp³-hybridized carbons (Fsp3) is 0.625. The lowest BCUT2D eigenvalue weighted by Gasteiger charge is -2.09. The second-order valence-electron chi connectivity index (χ2n) is 5.26. The monoisotopic (exact) mass is 249 g/mol. The smallest absolute Gasteiger partial charge is 0.119 e. The predicted octanol–water partition coefficient (Wildman–Crippen LogP) is 3.85. The molecule has 0 atom stereocenters. The van der Waals surface area contributed by atoms with Gasteiger partial charge in [0.1, 0.15) is 5.75 Å². The van der Waals surface area contributed by atoms with Crippen LogP contribution in [0.25, 0.3) is 0 Å². The van der Waals surface area contributed by atoms with Crippen LogP contribution in [-0.2, 0) is 0 Å². The summed E-state index contributed by atoms with van der Waals surface area (Å²) in [5.41, 5.74) is 2.62. The minimum atomic E-state index is 0.594. The minimum Gasteiger partial charge on any atom is -0.494 e. The molecule has 0 saturated carbocycles. The van der Waals surface area contributed by atoms with Gasteiger partial charge in [-0.1, -0.05) is 19.9 Å². The number of unbranched alkanes of at least 4 members (excludes halogenated alkanes) is 2. The van der Waals surface area contributed by atoms with Crippen molar-refractivity contribution in [3.8, 4) is 5.75 Å². The van der Waals surface area contributed by atoms with Crippen molar-refractivity contribution >= 4 is 0 Å². The first-order valence-electron chi connectivity index (χ1n) is 7.03. The minimum absolute atomic E-state index is 0.594. The average Bonchev–Trinajstić information content (AvgIpc) is 2.32. The van der Waals surface area contributed by atoms with Crippen LogP contribution in [-0.4, -0.2) is 19.2 Å². The molecule has 0 bridgehead atoms. The Bertz CT molecular complexity index is 347. The largest absolute Gasteiger partial charge is 0.494 e. The Hall–Kier alpha value is -1.02. The molecule has 0 radical (unpaired) electrons. The van der Waals surface area contributed by atoms with Crippen LogP contribution in [0.5, 0.6) is 5.75 Å². The maximum absolute atomic E-state index is 5.75. The summed E-state index contributed by atoms with van der Waals surface area (Å²) in [5, 5.41) is 3.43. The SMILES string of the molecule is Cc1ccc(OCCCCCNC(C)C)cc1C. The van der Waals surface area contributed by atoms with Crippen LogP contribution in [0.4, 0.5) is 0 Å². The van der Waals surface area contributed by atoms with Gasteiger partial charge in [-0.15, -0.1) is 0 Å². The second-order valence-corrected chi connectivity index (χ2v) is 5.26. The summed E-state index contributed by atoms with van der Waals surface area (Å²) in [4.78, 5) is 0. The van der Waals surface area contributed by atoms with Crippen LogP contribution in [0.2, 0.25) is 0 Å². The number of hydrogen-bond donors (Lipinski definition) is 1. The van der Waals surface area contributed by atoms with Crippen molar-refractivity contribution in [2.75, 3.05) is 13.2 Å². The molecule has 0 aliphatic carbocycles. The van der Waals surface area contributed by atoms with Gasteiger partial charge in [-0.2, -0.15) is 0 Å². The summed E-state index contributed by atoms with van der Waals surface area (Å²) < 4.78 is 5.75. The molecule has 2 heteroatoms. The molecule has 2 nitrogen and oxygen atoms in total. The van der Waals surface area contributed by atoms with Gasteiger partial charge in [0.15, 0.2) is 0 Å². The van der Waals surface area contributed by atoms with Gasteiger partial charge in [-0.3, -0.25) is 0 Å². The number of hydrogen-bond acceptors (Lipinski definition) is 2. The van der Waals surface area contributed by atoms with E-state index in [1.54, 1.807) is 0 Å². The summed E-state index contributed by atoms with van der Waals surface area (Å²) in [6, 6.07) is 6.90. The van der Waals surface area contributed by atoms with Gasteiger partial charge in [-0.05, 0) is 62.9 Å². The van der Waals surface area contributed by atoms with Crippen LogP contribution < -0.4 is 10.1 Å². The summed E-state index contributed by atoms with van der Waals surface area (Å²) in [7, 11) is 0. The third-order valence-electron chi connectivity index (χ3n) is 3.12. The Kier molecular flexibility index (Phi) is 6.81. The molecule has 1 N–H and O–H groups in total. The van der Waals surface area contributed by atoms with Crippen molar-refractivity contribution < 1.29 is 4.74 Å². The zero-order valence-electron chi connectivity index (χ0n) is 12.3. The first-order valence-corrected chi connectivity index (χ1v) is 7.03. The molecule has 1 rings (SSSR count). The molecule has 0 aliphatic rings. The van der Waals surface area contributed by atoms with Gasteiger partial charge in [0.25, 0.3) is 0 Å². The number of benzene rings is 1. The Morgan fingerprint density at radius 1 is 1.06 bits per heavy atom. The van der Waals surface area contributed by atoms with Crippen LogP contribution in [0, 0.1) is 13.8 Å². The molecule has 102 valence electrons. The summed E-state index contributed by atoms with van der Waals surface area (Å²) in [5.74, 6) is 0.999. The second kappa shape index (κ2) is 8.15. The van der Waals surface area contributed by atoms with E-state index in [9.17, 15) is 0 Å². The van der Waals surface area contributed by atoms with E-state index in [1.807, 2.05) is 0 Å². The van der Waals surface area contributed by atoms with Gasteiger partial charge in [-0.25, -0.2) is 0 Å². The van der Waals surface area contributed by atoms with Crippen LogP contribution in [0.1, 0.15) is 44.2 Å². The number of rotatable bonds is 8. The number of aryl methyl sites for hydroxylation is 2. The van der Waals surface area contributed by atoms with Gasteiger partial charge >= 0.3 is 0 Å². The summed E-state index contributed by atoms with van der Waals surface area (Å²) >= 11 is 0. The van der Waals surface area contributed by atoms with E-state index in [2.05, 4.69) is 51.2 Å². The van der Waals surface area contributed by atoms with Crippen LogP contribution in [0.3, 0.4) is 0 Å². The molecule has 0 amide bonds. The topological polar surface area (TPSA) is 21.3 Å². The van der Waals surface area contributed by atoms with E-state index in [1.165, 1.54) is 24.0 Å². The van der Waals surface area contributed by atoms with Gasteiger partial charge < -0.3 is 10.1 Å². The molecule has 0 heterocycles. The van der Waals surface area contributed by atoms with Crippen molar-refractivity contribution in [2.24, 2.45) is 0 Å². The van der Waals surface area contributed by atoms with Crippen molar-refractivity contribution in [1.82, 2.24) is 5.32 Å². The molecule has 0 aromatic heterocycles. The molecule has 0 saturated heterocycles. The van der Waals surface area contributed by atoms with Crippen LogP contribution in [0.15, 0.2) is 18.2 Å². The van der Waals surface area contributed by atoms with E-state index >= 15 is 0 Å². The highest BCUT2D eigenvalue weighted by Gasteiger charge is 1.97. The van der Waals surface area contributed by atoms with E-state index in [-0.39, 0.29) is 0 Å². The highest BCUT2D eigenvalue weighted by Crippen LogP contribution is 2.16. The van der Waals surface area contributed by atoms with E-state index in [0.29, 0.717) is 6.04 Å². The van der Waals surface area contributed by atoms with Crippen molar-refractivity contribution in [1.29, 1.82) is 0 Å². The van der Waals surface area contributed by atoms with E-state index in [0.717, 1.165) is 25.3 Å². The van der Waals surface area contributed by atoms with Gasteiger partial charge in [0, 0.05) is 6.04 Å². The Morgan fingerprint density at radius 3 is 2.50 bits per heavy atom. The Balaban J connectivity index is 2.09. The summed E-state index contributed by atoms with van der Waals surface area (Å²) in [6.45, 7) is 10.6. The lowest BCUT2D eigenvalue weighted by Crippen LogP contribution is -2.23. The molecule has 1 aromatic carbocycles. The third-order valence-corrected chi connectivity index (χ3v) is 3.12. The van der Waals surface area contributed by atoms with Gasteiger partial charge in [0.2, 0.25) is 0 Å². The fourth-order valence-electron chi connectivity index (χ4n) is 1.79.